The topological polar surface area (TPSA) is 29.1 Å². The molecule has 20 heavy (non-hydrogen) atoms. The molecule has 104 valence electrons. The molecule has 1 amide bonds. The second kappa shape index (κ2) is 6.37. The Balaban J connectivity index is 2.13. The maximum atomic E-state index is 12.9. The summed E-state index contributed by atoms with van der Waals surface area (Å²) >= 11 is 9.15. The van der Waals surface area contributed by atoms with Crippen molar-refractivity contribution < 1.29 is 9.18 Å². The molecule has 0 fully saturated rings. The zero-order chi connectivity index (χ0) is 14.7. The van der Waals surface area contributed by atoms with Crippen molar-refractivity contribution in [1.29, 1.82) is 0 Å². The van der Waals surface area contributed by atoms with Crippen LogP contribution in [0.15, 0.2) is 46.9 Å². The lowest BCUT2D eigenvalue weighted by Gasteiger charge is -2.15. The van der Waals surface area contributed by atoms with E-state index < -0.39 is 0 Å². The molecule has 1 N–H and O–H groups in total. The van der Waals surface area contributed by atoms with E-state index in [1.165, 1.54) is 12.1 Å². The van der Waals surface area contributed by atoms with Crippen LogP contribution in [0.4, 0.5) is 4.39 Å². The van der Waals surface area contributed by atoms with E-state index >= 15 is 0 Å². The van der Waals surface area contributed by atoms with Gasteiger partial charge in [-0.1, -0.05) is 23.7 Å². The number of carbonyl (C=O) groups excluding carboxylic acids is 1. The Hall–Kier alpha value is -1.39. The van der Waals surface area contributed by atoms with Crippen LogP contribution in [-0.2, 0) is 0 Å². The maximum absolute atomic E-state index is 12.9. The van der Waals surface area contributed by atoms with Crippen molar-refractivity contribution >= 4 is 33.4 Å². The average Bonchev–Trinajstić information content (AvgIpc) is 2.39. The van der Waals surface area contributed by atoms with E-state index in [0.717, 1.165) is 5.56 Å². The number of halogens is 3. The summed E-state index contributed by atoms with van der Waals surface area (Å²) in [6.45, 7) is 1.84. The number of hydrogen-bond acceptors (Lipinski definition) is 1. The number of nitrogens with one attached hydrogen (secondary N) is 1. The molecule has 2 aromatic carbocycles. The van der Waals surface area contributed by atoms with Crippen molar-refractivity contribution in [3.63, 3.8) is 0 Å². The van der Waals surface area contributed by atoms with Crippen LogP contribution >= 0.6 is 27.5 Å². The second-order valence-corrected chi connectivity index (χ2v) is 5.66. The smallest absolute Gasteiger partial charge is 0.252 e. The van der Waals surface area contributed by atoms with E-state index in [1.807, 2.05) is 6.92 Å². The number of rotatable bonds is 3. The van der Waals surface area contributed by atoms with Crippen LogP contribution < -0.4 is 5.32 Å². The minimum atomic E-state index is -0.298. The highest BCUT2D eigenvalue weighted by Crippen LogP contribution is 2.22. The molecular formula is C15H12BrClFNO. The van der Waals surface area contributed by atoms with Gasteiger partial charge in [-0.15, -0.1) is 0 Å². The van der Waals surface area contributed by atoms with Gasteiger partial charge in [0.25, 0.3) is 5.91 Å². The highest BCUT2D eigenvalue weighted by molar-refractivity contribution is 9.10. The minimum Gasteiger partial charge on any atom is -0.345 e. The molecule has 0 radical (unpaired) electrons. The Morgan fingerprint density at radius 3 is 2.50 bits per heavy atom. The van der Waals surface area contributed by atoms with E-state index in [0.29, 0.717) is 15.1 Å². The largest absolute Gasteiger partial charge is 0.345 e. The third-order valence-corrected chi connectivity index (χ3v) is 3.78. The SMILES string of the molecule is CC(NC(=O)c1ccc(Cl)cc1Br)c1ccc(F)cc1. The van der Waals surface area contributed by atoms with Crippen molar-refractivity contribution in [3.8, 4) is 0 Å². The predicted molar refractivity (Wildman–Crippen MR) is 81.4 cm³/mol. The van der Waals surface area contributed by atoms with Crippen LogP contribution in [0.25, 0.3) is 0 Å². The van der Waals surface area contributed by atoms with E-state index in [9.17, 15) is 9.18 Å². The minimum absolute atomic E-state index is 0.217. The predicted octanol–water partition coefficient (Wildman–Crippen LogP) is 4.73. The number of benzene rings is 2. The van der Waals surface area contributed by atoms with Gasteiger partial charge in [-0.25, -0.2) is 4.39 Å². The average molecular weight is 357 g/mol. The van der Waals surface area contributed by atoms with Crippen LogP contribution in [0.3, 0.4) is 0 Å². The molecule has 0 bridgehead atoms. The fraction of sp³-hybridized carbons (Fsp3) is 0.133. The highest BCUT2D eigenvalue weighted by atomic mass is 79.9. The first-order valence-electron chi connectivity index (χ1n) is 5.99. The molecule has 2 rings (SSSR count). The summed E-state index contributed by atoms with van der Waals surface area (Å²) in [5.41, 5.74) is 1.34. The van der Waals surface area contributed by atoms with E-state index in [-0.39, 0.29) is 17.8 Å². The zero-order valence-electron chi connectivity index (χ0n) is 10.7. The third kappa shape index (κ3) is 3.58. The van der Waals surface area contributed by atoms with E-state index in [1.54, 1.807) is 30.3 Å². The van der Waals surface area contributed by atoms with E-state index in [4.69, 9.17) is 11.6 Å². The number of amides is 1. The summed E-state index contributed by atoms with van der Waals surface area (Å²) in [7, 11) is 0. The van der Waals surface area contributed by atoms with Gasteiger partial charge in [0.2, 0.25) is 0 Å². The summed E-state index contributed by atoms with van der Waals surface area (Å²) in [5, 5.41) is 3.41. The van der Waals surface area contributed by atoms with Crippen LogP contribution in [0.5, 0.6) is 0 Å². The first-order valence-corrected chi connectivity index (χ1v) is 7.16. The third-order valence-electron chi connectivity index (χ3n) is 2.89. The van der Waals surface area contributed by atoms with Crippen LogP contribution in [0.1, 0.15) is 28.9 Å². The lowest BCUT2D eigenvalue weighted by atomic mass is 10.1. The number of hydrogen-bond donors (Lipinski definition) is 1. The standard InChI is InChI=1S/C15H12BrClFNO/c1-9(10-2-5-12(18)6-3-10)19-15(20)13-7-4-11(17)8-14(13)16/h2-9H,1H3,(H,19,20). The Bertz CT molecular complexity index is 630. The molecule has 1 atom stereocenters. The molecule has 5 heteroatoms. The van der Waals surface area contributed by atoms with Gasteiger partial charge < -0.3 is 5.32 Å². The first-order chi connectivity index (χ1) is 9.47. The van der Waals surface area contributed by atoms with Crippen LogP contribution in [0.2, 0.25) is 5.02 Å². The first kappa shape index (κ1) is 15.0. The van der Waals surface area contributed by atoms with Gasteiger partial charge >= 0.3 is 0 Å². The lowest BCUT2D eigenvalue weighted by Crippen LogP contribution is -2.26. The molecule has 1 unspecified atom stereocenters. The molecule has 2 aromatic rings. The molecule has 0 aliphatic rings. The summed E-state index contributed by atoms with van der Waals surface area (Å²) < 4.78 is 13.5. The van der Waals surface area contributed by atoms with Crippen molar-refractivity contribution in [3.05, 3.63) is 68.9 Å². The van der Waals surface area contributed by atoms with Gasteiger partial charge in [0.1, 0.15) is 5.82 Å². The highest BCUT2D eigenvalue weighted by Gasteiger charge is 2.14. The molecule has 0 heterocycles. The van der Waals surface area contributed by atoms with Crippen molar-refractivity contribution in [2.24, 2.45) is 0 Å². The van der Waals surface area contributed by atoms with Crippen molar-refractivity contribution in [2.75, 3.05) is 0 Å². The number of carbonyl (C=O) groups is 1. The normalized spacial score (nSPS) is 12.0. The van der Waals surface area contributed by atoms with Gasteiger partial charge in [-0.05, 0) is 58.7 Å². The molecule has 0 aliphatic heterocycles. The fourth-order valence-electron chi connectivity index (χ4n) is 1.78. The lowest BCUT2D eigenvalue weighted by molar-refractivity contribution is 0.0939. The quantitative estimate of drug-likeness (QED) is 0.846. The summed E-state index contributed by atoms with van der Waals surface area (Å²) in [6.07, 6.45) is 0. The van der Waals surface area contributed by atoms with Crippen LogP contribution in [-0.4, -0.2) is 5.91 Å². The second-order valence-electron chi connectivity index (χ2n) is 4.37. The van der Waals surface area contributed by atoms with Crippen LogP contribution in [0, 0.1) is 5.82 Å². The molecule has 0 aliphatic carbocycles. The Labute approximate surface area is 130 Å². The molecule has 2 nitrogen and oxygen atoms in total. The van der Waals surface area contributed by atoms with Gasteiger partial charge in [0, 0.05) is 9.50 Å². The summed E-state index contributed by atoms with van der Waals surface area (Å²) in [5.74, 6) is -0.516. The van der Waals surface area contributed by atoms with Gasteiger partial charge in [-0.3, -0.25) is 4.79 Å². The molecule has 0 saturated heterocycles. The zero-order valence-corrected chi connectivity index (χ0v) is 13.0. The van der Waals surface area contributed by atoms with Gasteiger partial charge in [-0.2, -0.15) is 0 Å². The molecule has 0 aromatic heterocycles. The van der Waals surface area contributed by atoms with E-state index in [2.05, 4.69) is 21.2 Å². The monoisotopic (exact) mass is 355 g/mol. The Kier molecular flexibility index (Phi) is 4.78. The Morgan fingerprint density at radius 2 is 1.90 bits per heavy atom. The Morgan fingerprint density at radius 1 is 1.25 bits per heavy atom. The fourth-order valence-corrected chi connectivity index (χ4v) is 2.65. The molecular weight excluding hydrogens is 345 g/mol. The van der Waals surface area contributed by atoms with Gasteiger partial charge in [0.15, 0.2) is 0 Å². The molecule has 0 spiro atoms. The summed E-state index contributed by atoms with van der Waals surface area (Å²) in [6, 6.07) is 10.8. The maximum Gasteiger partial charge on any atom is 0.252 e. The van der Waals surface area contributed by atoms with Crippen molar-refractivity contribution in [2.45, 2.75) is 13.0 Å². The molecule has 0 saturated carbocycles. The van der Waals surface area contributed by atoms with Gasteiger partial charge in [0.05, 0.1) is 11.6 Å². The summed E-state index contributed by atoms with van der Waals surface area (Å²) in [4.78, 5) is 12.2. The van der Waals surface area contributed by atoms with Crippen molar-refractivity contribution in [1.82, 2.24) is 5.32 Å².